The minimum atomic E-state index is -0.289. The van der Waals surface area contributed by atoms with Crippen LogP contribution in [0, 0.1) is 0 Å². The van der Waals surface area contributed by atoms with Crippen LogP contribution in [0.25, 0.3) is 0 Å². The van der Waals surface area contributed by atoms with E-state index in [4.69, 9.17) is 0 Å². The first kappa shape index (κ1) is 16.8. The molecule has 1 aromatic carbocycles. The minimum Gasteiger partial charge on any atom is -0.353 e. The van der Waals surface area contributed by atoms with E-state index in [1.807, 2.05) is 42.2 Å². The summed E-state index contributed by atoms with van der Waals surface area (Å²) >= 11 is 0. The summed E-state index contributed by atoms with van der Waals surface area (Å²) < 4.78 is 0. The van der Waals surface area contributed by atoms with Gasteiger partial charge in [-0.05, 0) is 24.6 Å². The lowest BCUT2D eigenvalue weighted by atomic mass is 10.1. The fourth-order valence-corrected chi connectivity index (χ4v) is 2.67. The van der Waals surface area contributed by atoms with Gasteiger partial charge in [-0.1, -0.05) is 30.3 Å². The van der Waals surface area contributed by atoms with Crippen LogP contribution in [0.4, 0.5) is 16.3 Å². The number of anilines is 2. The molecule has 7 nitrogen and oxygen atoms in total. The highest BCUT2D eigenvalue weighted by Crippen LogP contribution is 2.16. The Balaban J connectivity index is 1.56. The van der Waals surface area contributed by atoms with E-state index in [1.54, 1.807) is 18.3 Å². The first-order chi connectivity index (χ1) is 12.1. The number of urea groups is 1. The molecule has 0 radical (unpaired) electrons. The van der Waals surface area contributed by atoms with Crippen molar-refractivity contribution in [3.05, 3.63) is 54.2 Å². The Kier molecular flexibility index (Phi) is 5.13. The largest absolute Gasteiger partial charge is 0.353 e. The molecule has 0 unspecified atom stereocenters. The van der Waals surface area contributed by atoms with Gasteiger partial charge in [0.25, 0.3) is 0 Å². The Morgan fingerprint density at radius 3 is 2.72 bits per heavy atom. The Morgan fingerprint density at radius 2 is 2.04 bits per heavy atom. The van der Waals surface area contributed by atoms with Crippen molar-refractivity contribution in [3.8, 4) is 0 Å². The van der Waals surface area contributed by atoms with Crippen LogP contribution >= 0.6 is 0 Å². The number of nitrogens with one attached hydrogen (secondary N) is 3. The molecule has 0 saturated carbocycles. The summed E-state index contributed by atoms with van der Waals surface area (Å²) in [5, 5.41) is 8.44. The van der Waals surface area contributed by atoms with Gasteiger partial charge in [0, 0.05) is 13.1 Å². The first-order valence-electron chi connectivity index (χ1n) is 8.22. The molecule has 3 rings (SSSR count). The van der Waals surface area contributed by atoms with Crippen molar-refractivity contribution in [1.29, 1.82) is 0 Å². The van der Waals surface area contributed by atoms with Crippen LogP contribution in [0.15, 0.2) is 48.7 Å². The third-order valence-corrected chi connectivity index (χ3v) is 4.02. The predicted octanol–water partition coefficient (Wildman–Crippen LogP) is 1.90. The Hall–Kier alpha value is -3.09. The SMILES string of the molecule is C[C@H](NC(=O)Nc1ccc(N2CCNC(=O)C2)nc1)c1ccccc1. The quantitative estimate of drug-likeness (QED) is 0.794. The lowest BCUT2D eigenvalue weighted by Gasteiger charge is -2.27. The number of hydrogen-bond acceptors (Lipinski definition) is 4. The van der Waals surface area contributed by atoms with Crippen LogP contribution in [-0.2, 0) is 4.79 Å². The number of hydrogen-bond donors (Lipinski definition) is 3. The second-order valence-electron chi connectivity index (χ2n) is 5.91. The van der Waals surface area contributed by atoms with E-state index in [-0.39, 0.29) is 18.0 Å². The van der Waals surface area contributed by atoms with Gasteiger partial charge in [-0.15, -0.1) is 0 Å². The maximum atomic E-state index is 12.1. The van der Waals surface area contributed by atoms with Gasteiger partial charge >= 0.3 is 6.03 Å². The molecule has 1 aliphatic heterocycles. The number of pyridine rings is 1. The number of piperazine rings is 1. The highest BCUT2D eigenvalue weighted by atomic mass is 16.2. The molecule has 25 heavy (non-hydrogen) atoms. The molecule has 0 aliphatic carbocycles. The van der Waals surface area contributed by atoms with E-state index >= 15 is 0 Å². The van der Waals surface area contributed by atoms with Crippen molar-refractivity contribution in [2.45, 2.75) is 13.0 Å². The second kappa shape index (κ2) is 7.65. The Bertz CT molecular complexity index is 733. The summed E-state index contributed by atoms with van der Waals surface area (Å²) in [7, 11) is 0. The number of amides is 3. The predicted molar refractivity (Wildman–Crippen MR) is 96.5 cm³/mol. The maximum absolute atomic E-state index is 12.1. The maximum Gasteiger partial charge on any atom is 0.319 e. The molecule has 130 valence electrons. The first-order valence-corrected chi connectivity index (χ1v) is 8.22. The van der Waals surface area contributed by atoms with Crippen molar-refractivity contribution < 1.29 is 9.59 Å². The molecule has 2 aromatic rings. The molecule has 1 aromatic heterocycles. The summed E-state index contributed by atoms with van der Waals surface area (Å²) in [4.78, 5) is 29.8. The lowest BCUT2D eigenvalue weighted by Crippen LogP contribution is -2.48. The summed E-state index contributed by atoms with van der Waals surface area (Å²) in [6.45, 7) is 3.56. The molecular weight excluding hydrogens is 318 g/mol. The zero-order valence-electron chi connectivity index (χ0n) is 14.0. The third kappa shape index (κ3) is 4.47. The highest BCUT2D eigenvalue weighted by Gasteiger charge is 2.17. The van der Waals surface area contributed by atoms with Gasteiger partial charge in [-0.25, -0.2) is 9.78 Å². The molecule has 1 fully saturated rings. The number of carbonyl (C=O) groups is 2. The van der Waals surface area contributed by atoms with Crippen molar-refractivity contribution in [2.75, 3.05) is 29.9 Å². The van der Waals surface area contributed by atoms with Gasteiger partial charge < -0.3 is 20.9 Å². The molecule has 7 heteroatoms. The average Bonchev–Trinajstić information content (AvgIpc) is 2.63. The lowest BCUT2D eigenvalue weighted by molar-refractivity contribution is -0.120. The van der Waals surface area contributed by atoms with Crippen molar-refractivity contribution in [2.24, 2.45) is 0 Å². The Labute approximate surface area is 146 Å². The van der Waals surface area contributed by atoms with E-state index in [0.29, 0.717) is 18.8 Å². The zero-order chi connectivity index (χ0) is 17.6. The van der Waals surface area contributed by atoms with Crippen LogP contribution in [0.5, 0.6) is 0 Å². The number of benzene rings is 1. The normalized spacial score (nSPS) is 15.2. The van der Waals surface area contributed by atoms with E-state index in [9.17, 15) is 9.59 Å². The highest BCUT2D eigenvalue weighted by molar-refractivity contribution is 5.89. The van der Waals surface area contributed by atoms with Crippen LogP contribution in [0.3, 0.4) is 0 Å². The fraction of sp³-hybridized carbons (Fsp3) is 0.278. The minimum absolute atomic E-state index is 0.00970. The fourth-order valence-electron chi connectivity index (χ4n) is 2.67. The summed E-state index contributed by atoms with van der Waals surface area (Å²) in [5.41, 5.74) is 1.64. The molecule has 1 atom stereocenters. The topological polar surface area (TPSA) is 86.4 Å². The average molecular weight is 339 g/mol. The molecule has 1 aliphatic rings. The monoisotopic (exact) mass is 339 g/mol. The summed E-state index contributed by atoms with van der Waals surface area (Å²) in [5.74, 6) is 0.711. The van der Waals surface area contributed by atoms with E-state index in [0.717, 1.165) is 17.9 Å². The molecule has 0 bridgehead atoms. The number of nitrogens with zero attached hydrogens (tertiary/aromatic N) is 2. The van der Waals surface area contributed by atoms with Crippen molar-refractivity contribution in [1.82, 2.24) is 15.6 Å². The van der Waals surface area contributed by atoms with E-state index < -0.39 is 0 Å². The molecule has 3 amide bonds. The molecule has 2 heterocycles. The summed E-state index contributed by atoms with van der Waals surface area (Å²) in [6, 6.07) is 12.9. The van der Waals surface area contributed by atoms with Gasteiger partial charge in [0.1, 0.15) is 5.82 Å². The molecule has 0 spiro atoms. The van der Waals surface area contributed by atoms with Gasteiger partial charge in [0.05, 0.1) is 24.5 Å². The van der Waals surface area contributed by atoms with Crippen LogP contribution < -0.4 is 20.9 Å². The molecular formula is C18H21N5O2. The van der Waals surface area contributed by atoms with Crippen molar-refractivity contribution >= 4 is 23.4 Å². The van der Waals surface area contributed by atoms with Gasteiger partial charge in [-0.3, -0.25) is 4.79 Å². The number of rotatable bonds is 4. The number of carbonyl (C=O) groups excluding carboxylic acids is 2. The van der Waals surface area contributed by atoms with Crippen LogP contribution in [0.1, 0.15) is 18.5 Å². The smallest absolute Gasteiger partial charge is 0.319 e. The summed E-state index contributed by atoms with van der Waals surface area (Å²) in [6.07, 6.45) is 1.59. The van der Waals surface area contributed by atoms with Gasteiger partial charge in [-0.2, -0.15) is 0 Å². The number of aromatic nitrogens is 1. The van der Waals surface area contributed by atoms with Gasteiger partial charge in [0.15, 0.2) is 0 Å². The Morgan fingerprint density at radius 1 is 1.24 bits per heavy atom. The van der Waals surface area contributed by atoms with Crippen LogP contribution in [-0.4, -0.2) is 36.6 Å². The van der Waals surface area contributed by atoms with Crippen LogP contribution in [0.2, 0.25) is 0 Å². The van der Waals surface area contributed by atoms with E-state index in [2.05, 4.69) is 20.9 Å². The molecule has 1 saturated heterocycles. The van der Waals surface area contributed by atoms with Crippen molar-refractivity contribution in [3.63, 3.8) is 0 Å². The third-order valence-electron chi connectivity index (χ3n) is 4.02. The second-order valence-corrected chi connectivity index (χ2v) is 5.91. The standard InChI is InChI=1S/C18H21N5O2/c1-13(14-5-3-2-4-6-14)21-18(25)22-15-7-8-16(20-11-15)23-10-9-19-17(24)12-23/h2-8,11,13H,9-10,12H2,1H3,(H,19,24)(H2,21,22,25)/t13-/m0/s1. The van der Waals surface area contributed by atoms with Gasteiger partial charge in [0.2, 0.25) is 5.91 Å². The molecule has 3 N–H and O–H groups in total. The van der Waals surface area contributed by atoms with E-state index in [1.165, 1.54) is 0 Å². The zero-order valence-corrected chi connectivity index (χ0v) is 14.0.